The lowest BCUT2D eigenvalue weighted by Gasteiger charge is -2.07. The first-order valence-corrected chi connectivity index (χ1v) is 4.60. The summed E-state index contributed by atoms with van der Waals surface area (Å²) in [6.45, 7) is 4.32. The highest BCUT2D eigenvalue weighted by atomic mass is 16.3. The quantitative estimate of drug-likeness (QED) is 0.750. The molecule has 0 aliphatic carbocycles. The second-order valence-electron chi connectivity index (χ2n) is 3.44. The highest BCUT2D eigenvalue weighted by Gasteiger charge is 2.00. The van der Waals surface area contributed by atoms with E-state index in [1.165, 1.54) is 0 Å². The van der Waals surface area contributed by atoms with E-state index < -0.39 is 0 Å². The van der Waals surface area contributed by atoms with Gasteiger partial charge in [-0.15, -0.1) is 0 Å². The first kappa shape index (κ1) is 10.0. The Balaban J connectivity index is 2.85. The van der Waals surface area contributed by atoms with Gasteiger partial charge in [0.1, 0.15) is 0 Å². The predicted molar refractivity (Wildman–Crippen MR) is 56.3 cm³/mol. The van der Waals surface area contributed by atoms with Gasteiger partial charge in [-0.3, -0.25) is 0 Å². The molecular weight excluding hydrogens is 160 g/mol. The zero-order valence-electron chi connectivity index (χ0n) is 8.20. The SMILES string of the molecule is CC(C)C(=Cc1ccccc1)CO. The number of hydrogen-bond acceptors (Lipinski definition) is 1. The van der Waals surface area contributed by atoms with Crippen LogP contribution in [0.1, 0.15) is 19.4 Å². The molecule has 13 heavy (non-hydrogen) atoms. The molecule has 0 unspecified atom stereocenters. The molecule has 0 aliphatic heterocycles. The van der Waals surface area contributed by atoms with E-state index in [9.17, 15) is 0 Å². The minimum atomic E-state index is 0.145. The van der Waals surface area contributed by atoms with Crippen LogP contribution in [0, 0.1) is 5.92 Å². The molecule has 1 heteroatoms. The molecule has 0 saturated carbocycles. The van der Waals surface area contributed by atoms with Crippen LogP contribution in [0.4, 0.5) is 0 Å². The standard InChI is InChI=1S/C12H16O/c1-10(2)12(9-13)8-11-6-4-3-5-7-11/h3-8,10,13H,9H2,1-2H3. The first-order chi connectivity index (χ1) is 6.24. The molecule has 0 saturated heterocycles. The molecular formula is C12H16O. The highest BCUT2D eigenvalue weighted by Crippen LogP contribution is 2.13. The van der Waals surface area contributed by atoms with E-state index in [4.69, 9.17) is 5.11 Å². The molecule has 0 aromatic heterocycles. The number of aliphatic hydroxyl groups is 1. The zero-order chi connectivity index (χ0) is 9.68. The van der Waals surface area contributed by atoms with Gasteiger partial charge in [0.25, 0.3) is 0 Å². The molecule has 1 nitrogen and oxygen atoms in total. The van der Waals surface area contributed by atoms with Gasteiger partial charge in [0.2, 0.25) is 0 Å². The van der Waals surface area contributed by atoms with Gasteiger partial charge >= 0.3 is 0 Å². The molecule has 0 heterocycles. The number of aliphatic hydroxyl groups excluding tert-OH is 1. The fraction of sp³-hybridized carbons (Fsp3) is 0.333. The number of hydrogen-bond donors (Lipinski definition) is 1. The average Bonchev–Trinajstić information content (AvgIpc) is 2.15. The van der Waals surface area contributed by atoms with Crippen LogP contribution in [0.5, 0.6) is 0 Å². The smallest absolute Gasteiger partial charge is 0.0647 e. The molecule has 0 bridgehead atoms. The third kappa shape index (κ3) is 3.03. The van der Waals surface area contributed by atoms with E-state index in [-0.39, 0.29) is 6.61 Å². The lowest BCUT2D eigenvalue weighted by molar-refractivity contribution is 0.320. The van der Waals surface area contributed by atoms with Crippen LogP contribution in [-0.4, -0.2) is 11.7 Å². The van der Waals surface area contributed by atoms with Gasteiger partial charge in [-0.1, -0.05) is 50.3 Å². The number of benzene rings is 1. The Kier molecular flexibility index (Phi) is 3.71. The van der Waals surface area contributed by atoms with Gasteiger partial charge < -0.3 is 5.11 Å². The van der Waals surface area contributed by atoms with Gasteiger partial charge in [-0.05, 0) is 17.1 Å². The van der Waals surface area contributed by atoms with Gasteiger partial charge in [-0.2, -0.15) is 0 Å². The Bertz CT molecular complexity index is 272. The Morgan fingerprint density at radius 1 is 1.31 bits per heavy atom. The third-order valence-corrected chi connectivity index (χ3v) is 2.08. The fourth-order valence-electron chi connectivity index (χ4n) is 1.16. The molecule has 0 spiro atoms. The molecule has 0 atom stereocenters. The lowest BCUT2D eigenvalue weighted by Crippen LogP contribution is -1.98. The van der Waals surface area contributed by atoms with Gasteiger partial charge in [0.05, 0.1) is 6.61 Å². The molecule has 1 aromatic carbocycles. The predicted octanol–water partition coefficient (Wildman–Crippen LogP) is 2.72. The van der Waals surface area contributed by atoms with Crippen molar-refractivity contribution >= 4 is 6.08 Å². The van der Waals surface area contributed by atoms with E-state index >= 15 is 0 Å². The van der Waals surface area contributed by atoms with Crippen molar-refractivity contribution < 1.29 is 5.11 Å². The first-order valence-electron chi connectivity index (χ1n) is 4.60. The Morgan fingerprint density at radius 2 is 1.92 bits per heavy atom. The monoisotopic (exact) mass is 176 g/mol. The van der Waals surface area contributed by atoms with Crippen molar-refractivity contribution in [2.45, 2.75) is 13.8 Å². The summed E-state index contributed by atoms with van der Waals surface area (Å²) in [4.78, 5) is 0. The average molecular weight is 176 g/mol. The zero-order valence-corrected chi connectivity index (χ0v) is 8.20. The Morgan fingerprint density at radius 3 is 2.38 bits per heavy atom. The third-order valence-electron chi connectivity index (χ3n) is 2.08. The maximum absolute atomic E-state index is 9.09. The summed E-state index contributed by atoms with van der Waals surface area (Å²) in [6, 6.07) is 10.1. The van der Waals surface area contributed by atoms with E-state index in [1.807, 2.05) is 36.4 Å². The fourth-order valence-corrected chi connectivity index (χ4v) is 1.16. The van der Waals surface area contributed by atoms with Crippen LogP contribution in [-0.2, 0) is 0 Å². The number of rotatable bonds is 3. The maximum Gasteiger partial charge on any atom is 0.0647 e. The Hall–Kier alpha value is -1.08. The van der Waals surface area contributed by atoms with Crippen molar-refractivity contribution in [2.24, 2.45) is 5.92 Å². The largest absolute Gasteiger partial charge is 0.392 e. The van der Waals surface area contributed by atoms with E-state index in [0.29, 0.717) is 5.92 Å². The van der Waals surface area contributed by atoms with Crippen LogP contribution >= 0.6 is 0 Å². The van der Waals surface area contributed by atoms with Crippen molar-refractivity contribution in [3.05, 3.63) is 41.5 Å². The van der Waals surface area contributed by atoms with Crippen molar-refractivity contribution in [1.82, 2.24) is 0 Å². The van der Waals surface area contributed by atoms with Crippen LogP contribution in [0.15, 0.2) is 35.9 Å². The van der Waals surface area contributed by atoms with Gasteiger partial charge in [0.15, 0.2) is 0 Å². The lowest BCUT2D eigenvalue weighted by atomic mass is 10.0. The summed E-state index contributed by atoms with van der Waals surface area (Å²) in [5.74, 6) is 0.408. The maximum atomic E-state index is 9.09. The van der Waals surface area contributed by atoms with Crippen molar-refractivity contribution in [1.29, 1.82) is 0 Å². The molecule has 1 aromatic rings. The van der Waals surface area contributed by atoms with Crippen molar-refractivity contribution in [3.8, 4) is 0 Å². The molecule has 1 rings (SSSR count). The van der Waals surface area contributed by atoms with Gasteiger partial charge in [-0.25, -0.2) is 0 Å². The summed E-state index contributed by atoms with van der Waals surface area (Å²) < 4.78 is 0. The van der Waals surface area contributed by atoms with Crippen LogP contribution < -0.4 is 0 Å². The van der Waals surface area contributed by atoms with Crippen molar-refractivity contribution in [3.63, 3.8) is 0 Å². The Labute approximate surface area is 79.7 Å². The van der Waals surface area contributed by atoms with Crippen LogP contribution in [0.2, 0.25) is 0 Å². The molecule has 0 fully saturated rings. The van der Waals surface area contributed by atoms with Crippen molar-refractivity contribution in [2.75, 3.05) is 6.61 Å². The van der Waals surface area contributed by atoms with E-state index in [1.54, 1.807) is 0 Å². The molecule has 70 valence electrons. The summed E-state index contributed by atoms with van der Waals surface area (Å²) in [7, 11) is 0. The van der Waals surface area contributed by atoms with E-state index in [0.717, 1.165) is 11.1 Å². The highest BCUT2D eigenvalue weighted by molar-refractivity contribution is 5.53. The van der Waals surface area contributed by atoms with Crippen LogP contribution in [0.25, 0.3) is 6.08 Å². The summed E-state index contributed by atoms with van der Waals surface area (Å²) in [5, 5.41) is 9.09. The minimum Gasteiger partial charge on any atom is -0.392 e. The normalized spacial score (nSPS) is 12.2. The van der Waals surface area contributed by atoms with Crippen LogP contribution in [0.3, 0.4) is 0 Å². The van der Waals surface area contributed by atoms with E-state index in [2.05, 4.69) is 13.8 Å². The summed E-state index contributed by atoms with van der Waals surface area (Å²) >= 11 is 0. The molecule has 1 N–H and O–H groups in total. The molecule has 0 aliphatic rings. The molecule has 0 amide bonds. The summed E-state index contributed by atoms with van der Waals surface area (Å²) in [5.41, 5.74) is 2.23. The topological polar surface area (TPSA) is 20.2 Å². The molecule has 0 radical (unpaired) electrons. The second kappa shape index (κ2) is 4.83. The minimum absolute atomic E-state index is 0.145. The summed E-state index contributed by atoms with van der Waals surface area (Å²) in [6.07, 6.45) is 2.05. The van der Waals surface area contributed by atoms with Gasteiger partial charge in [0, 0.05) is 0 Å². The second-order valence-corrected chi connectivity index (χ2v) is 3.44.